The summed E-state index contributed by atoms with van der Waals surface area (Å²) in [5.41, 5.74) is 0.932. The predicted molar refractivity (Wildman–Crippen MR) is 108 cm³/mol. The van der Waals surface area contributed by atoms with Crippen LogP contribution in [0.15, 0.2) is 42.5 Å². The molecule has 7 heteroatoms. The third-order valence-electron chi connectivity index (χ3n) is 3.44. The van der Waals surface area contributed by atoms with Gasteiger partial charge in [-0.25, -0.2) is 0 Å². The fraction of sp³-hybridized carbons (Fsp3) is 0.333. The first-order valence-electron chi connectivity index (χ1n) is 7.82. The van der Waals surface area contributed by atoms with E-state index in [0.29, 0.717) is 0 Å². The molecule has 0 aliphatic rings. The quantitative estimate of drug-likeness (QED) is 0.569. The van der Waals surface area contributed by atoms with Crippen molar-refractivity contribution in [2.45, 2.75) is 40.0 Å². The Bertz CT molecular complexity index is 685. The molecule has 141 valence electrons. The maximum Gasteiger partial charge on any atom is -0.160 e. The van der Waals surface area contributed by atoms with Gasteiger partial charge in [-0.2, -0.15) is 11.8 Å². The molecule has 3 nitrogen and oxygen atoms in total. The molecule has 0 amide bonds. The molecule has 0 fully saturated rings. The summed E-state index contributed by atoms with van der Waals surface area (Å²) in [6.45, 7) is 6.80. The van der Waals surface area contributed by atoms with E-state index in [0.717, 1.165) is 19.3 Å². The molecule has 2 aromatic rings. The van der Waals surface area contributed by atoms with Crippen LogP contribution in [0.2, 0.25) is 0 Å². The van der Waals surface area contributed by atoms with E-state index in [4.69, 9.17) is 0 Å². The molecular formula is C18H26CoNO2PS2. The zero-order chi connectivity index (χ0) is 18.2. The topological polar surface area (TPSA) is 82.6 Å². The fourth-order valence-corrected chi connectivity index (χ4v) is 3.86. The van der Waals surface area contributed by atoms with Crippen molar-refractivity contribution >= 4 is 38.7 Å². The minimum absolute atomic E-state index is 0. The van der Waals surface area contributed by atoms with Gasteiger partial charge in [-0.05, 0) is 0 Å². The second-order valence-corrected chi connectivity index (χ2v) is 10.9. The van der Waals surface area contributed by atoms with Crippen LogP contribution < -0.4 is 24.9 Å². The summed E-state index contributed by atoms with van der Waals surface area (Å²) in [4.78, 5) is 18.6. The SMILES string of the molecule is CCc1cc[c]([Co+2][c]2ccccc2)c(CC)c1CC.[NH4+].[O-]P([O-])(=S)[S-]. The number of quaternary nitrogens is 1. The molecule has 0 aromatic heterocycles. The molecule has 4 N–H and O–H groups in total. The number of aryl methyl sites for hydroxylation is 1. The molecule has 0 bridgehead atoms. The summed E-state index contributed by atoms with van der Waals surface area (Å²) in [6.07, 6.45) is 3.41. The van der Waals surface area contributed by atoms with E-state index in [-0.39, 0.29) is 6.15 Å². The molecule has 2 rings (SSSR count). The summed E-state index contributed by atoms with van der Waals surface area (Å²) in [6, 6.07) is 15.4. The average molecular weight is 442 g/mol. The zero-order valence-electron chi connectivity index (χ0n) is 15.1. The first-order chi connectivity index (χ1) is 11.3. The van der Waals surface area contributed by atoms with Crippen molar-refractivity contribution in [3.63, 3.8) is 0 Å². The predicted octanol–water partition coefficient (Wildman–Crippen LogP) is 2.26. The van der Waals surface area contributed by atoms with Gasteiger partial charge in [0.15, 0.2) is 0 Å². The Morgan fingerprint density at radius 3 is 1.88 bits per heavy atom. The first-order valence-corrected chi connectivity index (χ1v) is 12.5. The standard InChI is InChI=1S/C12H17.C6H5.Co.H3N.H3O2PS2/c1-4-10-8-7-9-11(5-2)12(10)6-3;1-2-4-6-5-3-1;;;1-3(2,4)5/h7-8H,4-6H2,1-3H3;1-5H;;1H3;(H3,1,2,4,5)/q;;+2;;/p-2. The summed E-state index contributed by atoms with van der Waals surface area (Å²) < 4.78 is 2.85. The van der Waals surface area contributed by atoms with Crippen LogP contribution in [0.3, 0.4) is 0 Å². The minimum Gasteiger partial charge on any atom is -0.850 e. The van der Waals surface area contributed by atoms with Crippen LogP contribution in [0, 0.1) is 0 Å². The molecule has 0 spiro atoms. The molecule has 0 aliphatic carbocycles. The number of hydrogen-bond acceptors (Lipinski definition) is 4. The molecule has 2 aromatic carbocycles. The van der Waals surface area contributed by atoms with Gasteiger partial charge in [-0.1, -0.05) is 0 Å². The number of rotatable bonds is 5. The Balaban J connectivity index is 0.000000848. The molecule has 0 radical (unpaired) electrons. The van der Waals surface area contributed by atoms with Crippen molar-refractivity contribution < 1.29 is 24.5 Å². The molecule has 0 saturated heterocycles. The van der Waals surface area contributed by atoms with Crippen LogP contribution in [0.5, 0.6) is 0 Å². The average Bonchev–Trinajstić information content (AvgIpc) is 2.53. The Hall–Kier alpha value is -0.174. The van der Waals surface area contributed by atoms with E-state index < -0.39 is 5.69 Å². The third-order valence-corrected chi connectivity index (χ3v) is 4.86. The maximum absolute atomic E-state index is 9.29. The van der Waals surface area contributed by atoms with Crippen LogP contribution in [0.25, 0.3) is 0 Å². The molecule has 0 unspecified atom stereocenters. The van der Waals surface area contributed by atoms with Crippen molar-refractivity contribution in [1.82, 2.24) is 6.15 Å². The summed E-state index contributed by atoms with van der Waals surface area (Å²) in [5.74, 6) is 0. The molecule has 25 heavy (non-hydrogen) atoms. The second-order valence-electron chi connectivity index (χ2n) is 5.00. The van der Waals surface area contributed by atoms with Crippen molar-refractivity contribution in [2.75, 3.05) is 0 Å². The largest absolute Gasteiger partial charge is 0.850 e. The molecule has 0 heterocycles. The van der Waals surface area contributed by atoms with Crippen LogP contribution in [0.4, 0.5) is 0 Å². The van der Waals surface area contributed by atoms with E-state index in [2.05, 4.69) is 87.3 Å². The van der Waals surface area contributed by atoms with Crippen LogP contribution in [-0.4, -0.2) is 0 Å². The second kappa shape index (κ2) is 12.3. The Kier molecular flexibility index (Phi) is 12.2. The summed E-state index contributed by atoms with van der Waals surface area (Å²) in [7, 11) is 0. The normalized spacial score (nSPS) is 10.5. The van der Waals surface area contributed by atoms with Crippen LogP contribution in [-0.2, 0) is 58.0 Å². The van der Waals surface area contributed by atoms with Crippen LogP contribution >= 0.6 is 5.69 Å². The van der Waals surface area contributed by atoms with Crippen molar-refractivity contribution in [1.29, 1.82) is 0 Å². The van der Waals surface area contributed by atoms with Gasteiger partial charge >= 0.3 is 123 Å². The van der Waals surface area contributed by atoms with E-state index in [1.165, 1.54) is 29.3 Å². The van der Waals surface area contributed by atoms with Gasteiger partial charge in [0, 0.05) is 0 Å². The van der Waals surface area contributed by atoms with Gasteiger partial charge in [-0.15, -0.1) is 0 Å². The van der Waals surface area contributed by atoms with E-state index >= 15 is 0 Å². The zero-order valence-corrected chi connectivity index (χ0v) is 18.6. The summed E-state index contributed by atoms with van der Waals surface area (Å²) in [5, 5.41) is 0. The maximum atomic E-state index is 9.29. The Morgan fingerprint density at radius 1 is 0.920 bits per heavy atom. The number of hydrogen-bond donors (Lipinski definition) is 1. The molecule has 0 aliphatic heterocycles. The Morgan fingerprint density at radius 2 is 1.44 bits per heavy atom. The van der Waals surface area contributed by atoms with E-state index in [9.17, 15) is 9.79 Å². The van der Waals surface area contributed by atoms with Gasteiger partial charge in [-0.3, -0.25) is 0 Å². The van der Waals surface area contributed by atoms with E-state index in [1.54, 1.807) is 11.1 Å². The van der Waals surface area contributed by atoms with Crippen molar-refractivity contribution in [3.8, 4) is 0 Å². The molecular weight excluding hydrogens is 416 g/mol. The fourth-order valence-electron chi connectivity index (χ4n) is 2.49. The Labute approximate surface area is 168 Å². The van der Waals surface area contributed by atoms with Gasteiger partial charge in [0.2, 0.25) is 0 Å². The first kappa shape index (κ1) is 24.8. The van der Waals surface area contributed by atoms with Crippen molar-refractivity contribution in [3.05, 3.63) is 59.2 Å². The monoisotopic (exact) mass is 442 g/mol. The van der Waals surface area contributed by atoms with Gasteiger partial charge in [0.05, 0.1) is 0 Å². The molecule has 0 saturated carbocycles. The van der Waals surface area contributed by atoms with E-state index in [1.807, 2.05) is 0 Å². The van der Waals surface area contributed by atoms with Gasteiger partial charge < -0.3 is 33.9 Å². The number of benzene rings is 2. The summed E-state index contributed by atoms with van der Waals surface area (Å²) >= 11 is 8.65. The minimum atomic E-state index is -3.72. The van der Waals surface area contributed by atoms with Crippen LogP contribution in [0.1, 0.15) is 37.5 Å². The van der Waals surface area contributed by atoms with Gasteiger partial charge in [0.1, 0.15) is 0 Å². The smallest absolute Gasteiger partial charge is 0.160 e. The van der Waals surface area contributed by atoms with Gasteiger partial charge in [0.25, 0.3) is 0 Å². The third kappa shape index (κ3) is 9.36. The molecule has 0 atom stereocenters. The van der Waals surface area contributed by atoms with Crippen molar-refractivity contribution in [2.24, 2.45) is 0 Å².